The van der Waals surface area contributed by atoms with E-state index in [-0.39, 0.29) is 0 Å². The van der Waals surface area contributed by atoms with Crippen molar-refractivity contribution in [3.8, 4) is 12.3 Å². The van der Waals surface area contributed by atoms with Crippen molar-refractivity contribution in [1.29, 1.82) is 0 Å². The summed E-state index contributed by atoms with van der Waals surface area (Å²) < 4.78 is 5.62. The van der Waals surface area contributed by atoms with Crippen molar-refractivity contribution in [3.63, 3.8) is 0 Å². The Labute approximate surface area is 116 Å². The second kappa shape index (κ2) is 7.37. The van der Waals surface area contributed by atoms with Gasteiger partial charge in [-0.05, 0) is 37.8 Å². The average Bonchev–Trinajstić information content (AvgIpc) is 3.10. The summed E-state index contributed by atoms with van der Waals surface area (Å²) in [7, 11) is 0. The van der Waals surface area contributed by atoms with E-state index >= 15 is 0 Å². The molecule has 104 valence electrons. The van der Waals surface area contributed by atoms with Crippen LogP contribution in [0.3, 0.4) is 0 Å². The predicted molar refractivity (Wildman–Crippen MR) is 77.5 cm³/mol. The topological polar surface area (TPSA) is 28.4 Å². The first kappa shape index (κ1) is 14.2. The highest BCUT2D eigenvalue weighted by molar-refractivity contribution is 5.17. The van der Waals surface area contributed by atoms with E-state index < -0.39 is 0 Å². The van der Waals surface area contributed by atoms with E-state index in [2.05, 4.69) is 29.1 Å². The summed E-state index contributed by atoms with van der Waals surface area (Å²) in [6.45, 7) is 6.74. The van der Waals surface area contributed by atoms with Crippen LogP contribution in [0.4, 0.5) is 0 Å². The zero-order chi connectivity index (χ0) is 13.5. The Hall–Kier alpha value is -1.24. The quantitative estimate of drug-likeness (QED) is 0.546. The largest absolute Gasteiger partial charge is 0.468 e. The van der Waals surface area contributed by atoms with E-state index in [0.29, 0.717) is 6.54 Å². The average molecular weight is 260 g/mol. The number of hydrogen-bond acceptors (Lipinski definition) is 3. The van der Waals surface area contributed by atoms with Gasteiger partial charge in [-0.15, -0.1) is 6.42 Å². The third-order valence-electron chi connectivity index (χ3n) is 3.48. The van der Waals surface area contributed by atoms with Crippen LogP contribution < -0.4 is 5.32 Å². The van der Waals surface area contributed by atoms with Crippen LogP contribution in [-0.4, -0.2) is 24.5 Å². The minimum absolute atomic E-state index is 0.707. The minimum atomic E-state index is 0.707. The Balaban J connectivity index is 1.88. The van der Waals surface area contributed by atoms with Crippen LogP contribution in [0.2, 0.25) is 0 Å². The lowest BCUT2D eigenvalue weighted by molar-refractivity contribution is 0.260. The van der Waals surface area contributed by atoms with Crippen molar-refractivity contribution in [2.24, 2.45) is 5.92 Å². The van der Waals surface area contributed by atoms with Gasteiger partial charge in [0.05, 0.1) is 19.4 Å². The summed E-state index contributed by atoms with van der Waals surface area (Å²) >= 11 is 0. The standard InChI is InChI=1S/C16H24N2O/c1-3-8-17-11-15-7-10-19-16(15)13-18(9-4-2)12-14-5-6-14/h2,7,10,14,17H,3,5-6,8-9,11-13H2,1H3. The first-order valence-corrected chi connectivity index (χ1v) is 7.25. The molecule has 1 aromatic heterocycles. The molecular formula is C16H24N2O. The fraction of sp³-hybridized carbons (Fsp3) is 0.625. The van der Waals surface area contributed by atoms with Crippen LogP contribution >= 0.6 is 0 Å². The molecular weight excluding hydrogens is 236 g/mol. The third kappa shape index (κ3) is 4.74. The molecule has 0 atom stereocenters. The maximum Gasteiger partial charge on any atom is 0.122 e. The van der Waals surface area contributed by atoms with Crippen LogP contribution in [0.25, 0.3) is 0 Å². The van der Waals surface area contributed by atoms with Gasteiger partial charge in [0, 0.05) is 18.7 Å². The lowest BCUT2D eigenvalue weighted by atomic mass is 10.2. The molecule has 1 aliphatic carbocycles. The molecule has 1 saturated carbocycles. The summed E-state index contributed by atoms with van der Waals surface area (Å²) in [6, 6.07) is 2.06. The molecule has 1 aromatic rings. The Bertz CT molecular complexity index is 415. The van der Waals surface area contributed by atoms with Crippen LogP contribution in [0.15, 0.2) is 16.7 Å². The van der Waals surface area contributed by atoms with Gasteiger partial charge in [0.25, 0.3) is 0 Å². The maximum absolute atomic E-state index is 5.62. The number of nitrogens with one attached hydrogen (secondary N) is 1. The van der Waals surface area contributed by atoms with Crippen LogP contribution in [-0.2, 0) is 13.1 Å². The second-order valence-corrected chi connectivity index (χ2v) is 5.36. The van der Waals surface area contributed by atoms with E-state index in [9.17, 15) is 0 Å². The van der Waals surface area contributed by atoms with Crippen molar-refractivity contribution in [1.82, 2.24) is 10.2 Å². The molecule has 1 heterocycles. The first-order chi connectivity index (χ1) is 9.33. The predicted octanol–water partition coefficient (Wildman–Crippen LogP) is 2.62. The maximum atomic E-state index is 5.62. The minimum Gasteiger partial charge on any atom is -0.468 e. The van der Waals surface area contributed by atoms with Crippen molar-refractivity contribution in [3.05, 3.63) is 23.7 Å². The summed E-state index contributed by atoms with van der Waals surface area (Å²) in [6.07, 6.45) is 11.1. The number of terminal acetylenes is 1. The van der Waals surface area contributed by atoms with Gasteiger partial charge in [0.2, 0.25) is 0 Å². The molecule has 0 bridgehead atoms. The van der Waals surface area contributed by atoms with E-state index in [0.717, 1.165) is 44.3 Å². The molecule has 0 unspecified atom stereocenters. The van der Waals surface area contributed by atoms with Gasteiger partial charge in [0.1, 0.15) is 5.76 Å². The Kier molecular flexibility index (Phi) is 5.50. The number of hydrogen-bond donors (Lipinski definition) is 1. The molecule has 0 amide bonds. The molecule has 0 saturated heterocycles. The molecule has 19 heavy (non-hydrogen) atoms. The number of rotatable bonds is 9. The van der Waals surface area contributed by atoms with E-state index in [4.69, 9.17) is 10.8 Å². The molecule has 0 spiro atoms. The van der Waals surface area contributed by atoms with Gasteiger partial charge in [0.15, 0.2) is 0 Å². The molecule has 1 N–H and O–H groups in total. The van der Waals surface area contributed by atoms with Crippen LogP contribution in [0.1, 0.15) is 37.5 Å². The zero-order valence-corrected chi connectivity index (χ0v) is 11.8. The molecule has 0 aromatic carbocycles. The van der Waals surface area contributed by atoms with Crippen LogP contribution in [0, 0.1) is 18.3 Å². The molecule has 1 fully saturated rings. The lowest BCUT2D eigenvalue weighted by Gasteiger charge is -2.18. The molecule has 3 heteroatoms. The van der Waals surface area contributed by atoms with Crippen molar-refractivity contribution >= 4 is 0 Å². The van der Waals surface area contributed by atoms with Crippen molar-refractivity contribution in [2.45, 2.75) is 39.3 Å². The number of nitrogens with zero attached hydrogens (tertiary/aromatic N) is 1. The van der Waals surface area contributed by atoms with Crippen molar-refractivity contribution in [2.75, 3.05) is 19.6 Å². The zero-order valence-electron chi connectivity index (χ0n) is 11.8. The highest BCUT2D eigenvalue weighted by Gasteiger charge is 2.24. The SMILES string of the molecule is C#CCN(Cc1occc1CNCCC)CC1CC1. The highest BCUT2D eigenvalue weighted by Crippen LogP contribution is 2.30. The molecule has 2 rings (SSSR count). The summed E-state index contributed by atoms with van der Waals surface area (Å²) in [5.74, 6) is 4.66. The van der Waals surface area contributed by atoms with E-state index in [1.54, 1.807) is 6.26 Å². The Morgan fingerprint density at radius 2 is 2.37 bits per heavy atom. The summed E-state index contributed by atoms with van der Waals surface area (Å²) in [5, 5.41) is 3.42. The van der Waals surface area contributed by atoms with Gasteiger partial charge < -0.3 is 9.73 Å². The third-order valence-corrected chi connectivity index (χ3v) is 3.48. The van der Waals surface area contributed by atoms with Gasteiger partial charge in [-0.25, -0.2) is 0 Å². The molecule has 3 nitrogen and oxygen atoms in total. The first-order valence-electron chi connectivity index (χ1n) is 7.25. The van der Waals surface area contributed by atoms with E-state index in [1.165, 1.54) is 18.4 Å². The highest BCUT2D eigenvalue weighted by atomic mass is 16.3. The van der Waals surface area contributed by atoms with Crippen LogP contribution in [0.5, 0.6) is 0 Å². The van der Waals surface area contributed by atoms with Gasteiger partial charge in [-0.2, -0.15) is 0 Å². The van der Waals surface area contributed by atoms with Gasteiger partial charge >= 0.3 is 0 Å². The fourth-order valence-corrected chi connectivity index (χ4v) is 2.25. The molecule has 0 radical (unpaired) electrons. The molecule has 0 aliphatic heterocycles. The van der Waals surface area contributed by atoms with E-state index in [1.807, 2.05) is 0 Å². The fourth-order valence-electron chi connectivity index (χ4n) is 2.25. The Morgan fingerprint density at radius 1 is 1.53 bits per heavy atom. The van der Waals surface area contributed by atoms with Gasteiger partial charge in [-0.1, -0.05) is 12.8 Å². The lowest BCUT2D eigenvalue weighted by Crippen LogP contribution is -2.26. The molecule has 1 aliphatic rings. The smallest absolute Gasteiger partial charge is 0.122 e. The Morgan fingerprint density at radius 3 is 3.05 bits per heavy atom. The van der Waals surface area contributed by atoms with Gasteiger partial charge in [-0.3, -0.25) is 4.90 Å². The summed E-state index contributed by atoms with van der Waals surface area (Å²) in [5.41, 5.74) is 1.26. The van der Waals surface area contributed by atoms with Crippen molar-refractivity contribution < 1.29 is 4.42 Å². The summed E-state index contributed by atoms with van der Waals surface area (Å²) in [4.78, 5) is 2.32. The second-order valence-electron chi connectivity index (χ2n) is 5.36. The normalized spacial score (nSPS) is 14.8. The monoisotopic (exact) mass is 260 g/mol. The number of furan rings is 1.